The Balaban J connectivity index is 1.79. The molecule has 2 aliphatic rings. The van der Waals surface area contributed by atoms with Crippen LogP contribution in [0.5, 0.6) is 0 Å². The number of rotatable bonds is 3. The van der Waals surface area contributed by atoms with Gasteiger partial charge in [-0.1, -0.05) is 6.07 Å². The topological polar surface area (TPSA) is 78.5 Å². The van der Waals surface area contributed by atoms with Gasteiger partial charge in [-0.05, 0) is 50.4 Å². The molecule has 2 saturated heterocycles. The highest BCUT2D eigenvalue weighted by Crippen LogP contribution is 2.30. The van der Waals surface area contributed by atoms with Gasteiger partial charge in [0.15, 0.2) is 0 Å². The Labute approximate surface area is 137 Å². The van der Waals surface area contributed by atoms with Crippen LogP contribution in [0.25, 0.3) is 0 Å². The third-order valence-electron chi connectivity index (χ3n) is 4.51. The summed E-state index contributed by atoms with van der Waals surface area (Å²) in [6.45, 7) is 4.06. The summed E-state index contributed by atoms with van der Waals surface area (Å²) >= 11 is 0. The molecule has 0 aliphatic carbocycles. The van der Waals surface area contributed by atoms with Crippen molar-refractivity contribution in [2.24, 2.45) is 5.92 Å². The second kappa shape index (κ2) is 6.49. The molecule has 6 nitrogen and oxygen atoms in total. The summed E-state index contributed by atoms with van der Waals surface area (Å²) < 4.78 is 25.7. The Kier molecular flexibility index (Phi) is 4.59. The first-order valence-corrected chi connectivity index (χ1v) is 9.71. The molecule has 0 spiro atoms. The number of piperidine rings is 1. The predicted molar refractivity (Wildman–Crippen MR) is 91.2 cm³/mol. The molecule has 2 heterocycles. The molecular formula is C16H23N3O3S. The van der Waals surface area contributed by atoms with Crippen LogP contribution in [-0.4, -0.2) is 39.7 Å². The maximum Gasteiger partial charge on any atom is 0.235 e. The average Bonchev–Trinajstić information content (AvgIpc) is 2.89. The first-order chi connectivity index (χ1) is 11.0. The zero-order valence-corrected chi connectivity index (χ0v) is 14.2. The fourth-order valence-corrected chi connectivity index (χ4v) is 4.80. The summed E-state index contributed by atoms with van der Waals surface area (Å²) in [6.07, 6.45) is 2.54. The van der Waals surface area contributed by atoms with Crippen LogP contribution < -0.4 is 14.9 Å². The fraction of sp³-hybridized carbons (Fsp3) is 0.562. The van der Waals surface area contributed by atoms with Crippen molar-refractivity contribution in [3.05, 3.63) is 23.8 Å². The standard InChI is InChI=1S/C16H23N3O3S/c1-12-5-6-14(18-16(20)13-4-2-7-17-11-13)10-15(12)19-8-3-9-23(19,21)22/h5-6,10,13,17H,2-4,7-9,11H2,1H3,(H,18,20). The molecule has 0 aromatic heterocycles. The molecule has 0 radical (unpaired) electrons. The Morgan fingerprint density at radius 3 is 2.83 bits per heavy atom. The quantitative estimate of drug-likeness (QED) is 0.875. The molecule has 1 aromatic rings. The molecule has 2 N–H and O–H groups in total. The van der Waals surface area contributed by atoms with E-state index in [1.165, 1.54) is 4.31 Å². The molecule has 23 heavy (non-hydrogen) atoms. The van der Waals surface area contributed by atoms with Crippen molar-refractivity contribution in [3.8, 4) is 0 Å². The van der Waals surface area contributed by atoms with Crippen LogP contribution in [-0.2, 0) is 14.8 Å². The number of carbonyl (C=O) groups is 1. The molecule has 1 atom stereocenters. The Morgan fingerprint density at radius 1 is 1.35 bits per heavy atom. The van der Waals surface area contributed by atoms with Gasteiger partial charge in [0, 0.05) is 18.8 Å². The van der Waals surface area contributed by atoms with E-state index in [9.17, 15) is 13.2 Å². The van der Waals surface area contributed by atoms with Crippen LogP contribution in [0.2, 0.25) is 0 Å². The van der Waals surface area contributed by atoms with Crippen molar-refractivity contribution in [1.29, 1.82) is 0 Å². The number of nitrogens with zero attached hydrogens (tertiary/aromatic N) is 1. The van der Waals surface area contributed by atoms with E-state index in [4.69, 9.17) is 0 Å². The van der Waals surface area contributed by atoms with E-state index in [1.807, 2.05) is 19.1 Å². The zero-order chi connectivity index (χ0) is 16.4. The summed E-state index contributed by atoms with van der Waals surface area (Å²) in [6, 6.07) is 5.46. The summed E-state index contributed by atoms with van der Waals surface area (Å²) in [5.74, 6) is 0.164. The minimum atomic E-state index is -3.22. The number of hydrogen-bond donors (Lipinski definition) is 2. The fourth-order valence-electron chi connectivity index (χ4n) is 3.19. The first kappa shape index (κ1) is 16.3. The van der Waals surface area contributed by atoms with E-state index in [0.717, 1.165) is 24.9 Å². The molecule has 1 aromatic carbocycles. The van der Waals surface area contributed by atoms with Crippen LogP contribution in [0.15, 0.2) is 18.2 Å². The number of nitrogens with one attached hydrogen (secondary N) is 2. The third-order valence-corrected chi connectivity index (χ3v) is 6.37. The van der Waals surface area contributed by atoms with Gasteiger partial charge in [-0.25, -0.2) is 8.42 Å². The number of amides is 1. The predicted octanol–water partition coefficient (Wildman–Crippen LogP) is 1.47. The van der Waals surface area contributed by atoms with Crippen LogP contribution in [0.1, 0.15) is 24.8 Å². The molecule has 0 bridgehead atoms. The van der Waals surface area contributed by atoms with Gasteiger partial charge in [0.2, 0.25) is 15.9 Å². The minimum absolute atomic E-state index is 0.00344. The SMILES string of the molecule is Cc1ccc(NC(=O)C2CCCNC2)cc1N1CCCS1(=O)=O. The Hall–Kier alpha value is -1.60. The van der Waals surface area contributed by atoms with Crippen molar-refractivity contribution < 1.29 is 13.2 Å². The molecule has 1 unspecified atom stereocenters. The number of sulfonamides is 1. The lowest BCUT2D eigenvalue weighted by Crippen LogP contribution is -2.37. The lowest BCUT2D eigenvalue weighted by Gasteiger charge is -2.23. The highest BCUT2D eigenvalue weighted by molar-refractivity contribution is 7.93. The number of anilines is 2. The highest BCUT2D eigenvalue weighted by Gasteiger charge is 2.29. The van der Waals surface area contributed by atoms with E-state index in [-0.39, 0.29) is 17.6 Å². The summed E-state index contributed by atoms with van der Waals surface area (Å²) in [4.78, 5) is 12.3. The van der Waals surface area contributed by atoms with Crippen molar-refractivity contribution in [3.63, 3.8) is 0 Å². The van der Waals surface area contributed by atoms with Crippen molar-refractivity contribution in [1.82, 2.24) is 5.32 Å². The maximum atomic E-state index is 12.3. The lowest BCUT2D eigenvalue weighted by molar-refractivity contribution is -0.120. The van der Waals surface area contributed by atoms with Gasteiger partial charge in [-0.2, -0.15) is 0 Å². The van der Waals surface area contributed by atoms with Crippen LogP contribution in [0, 0.1) is 12.8 Å². The molecular weight excluding hydrogens is 314 g/mol. The van der Waals surface area contributed by atoms with Crippen molar-refractivity contribution >= 4 is 27.3 Å². The van der Waals surface area contributed by atoms with Gasteiger partial charge in [0.05, 0.1) is 17.4 Å². The molecule has 2 fully saturated rings. The Morgan fingerprint density at radius 2 is 2.17 bits per heavy atom. The number of benzene rings is 1. The Bertz CT molecular complexity index is 697. The monoisotopic (exact) mass is 337 g/mol. The first-order valence-electron chi connectivity index (χ1n) is 8.10. The second-order valence-electron chi connectivity index (χ2n) is 6.28. The van der Waals surface area contributed by atoms with Crippen LogP contribution >= 0.6 is 0 Å². The number of aryl methyl sites for hydroxylation is 1. The van der Waals surface area contributed by atoms with E-state index < -0.39 is 10.0 Å². The van der Waals surface area contributed by atoms with Crippen molar-refractivity contribution in [2.75, 3.05) is 35.0 Å². The van der Waals surface area contributed by atoms with Gasteiger partial charge in [0.25, 0.3) is 0 Å². The van der Waals surface area contributed by atoms with Crippen LogP contribution in [0.3, 0.4) is 0 Å². The van der Waals surface area contributed by atoms with Gasteiger partial charge in [0.1, 0.15) is 0 Å². The van der Waals surface area contributed by atoms with E-state index >= 15 is 0 Å². The van der Waals surface area contributed by atoms with Gasteiger partial charge in [-0.3, -0.25) is 9.10 Å². The number of carbonyl (C=O) groups excluding carboxylic acids is 1. The normalized spacial score (nSPS) is 23.7. The molecule has 3 rings (SSSR count). The second-order valence-corrected chi connectivity index (χ2v) is 8.29. The molecule has 7 heteroatoms. The average molecular weight is 337 g/mol. The summed E-state index contributed by atoms with van der Waals surface area (Å²) in [5, 5.41) is 6.16. The van der Waals surface area contributed by atoms with Gasteiger partial charge < -0.3 is 10.6 Å². The molecule has 1 amide bonds. The zero-order valence-electron chi connectivity index (χ0n) is 13.3. The van der Waals surface area contributed by atoms with Crippen molar-refractivity contribution in [2.45, 2.75) is 26.2 Å². The third kappa shape index (κ3) is 3.50. The van der Waals surface area contributed by atoms with E-state index in [2.05, 4.69) is 10.6 Å². The van der Waals surface area contributed by atoms with E-state index in [0.29, 0.717) is 30.9 Å². The molecule has 2 aliphatic heterocycles. The maximum absolute atomic E-state index is 12.3. The van der Waals surface area contributed by atoms with Crippen LogP contribution in [0.4, 0.5) is 11.4 Å². The minimum Gasteiger partial charge on any atom is -0.326 e. The largest absolute Gasteiger partial charge is 0.326 e. The molecule has 0 saturated carbocycles. The number of hydrogen-bond acceptors (Lipinski definition) is 4. The summed E-state index contributed by atoms with van der Waals surface area (Å²) in [5.41, 5.74) is 2.22. The van der Waals surface area contributed by atoms with Gasteiger partial charge in [-0.15, -0.1) is 0 Å². The lowest BCUT2D eigenvalue weighted by atomic mass is 9.98. The van der Waals surface area contributed by atoms with Gasteiger partial charge >= 0.3 is 0 Å². The van der Waals surface area contributed by atoms with E-state index in [1.54, 1.807) is 6.07 Å². The smallest absolute Gasteiger partial charge is 0.235 e. The summed E-state index contributed by atoms with van der Waals surface area (Å²) in [7, 11) is -3.22. The highest BCUT2D eigenvalue weighted by atomic mass is 32.2. The molecule has 126 valence electrons.